The summed E-state index contributed by atoms with van der Waals surface area (Å²) < 4.78 is 10.9. The van der Waals surface area contributed by atoms with Gasteiger partial charge >= 0.3 is 5.97 Å². The van der Waals surface area contributed by atoms with Crippen molar-refractivity contribution in [1.82, 2.24) is 0 Å². The molecular formula is C21H20O9. The zero-order valence-corrected chi connectivity index (χ0v) is 15.5. The Bertz CT molecular complexity index is 996. The summed E-state index contributed by atoms with van der Waals surface area (Å²) in [6.45, 7) is -0.636. The minimum absolute atomic E-state index is 0.0469. The molecule has 2 aromatic rings. The monoisotopic (exact) mass is 416 g/mol. The maximum Gasteiger partial charge on any atom is 0.344 e. The predicted molar refractivity (Wildman–Crippen MR) is 102 cm³/mol. The van der Waals surface area contributed by atoms with E-state index < -0.39 is 43.1 Å². The topological polar surface area (TPSA) is 157 Å². The number of esters is 1. The van der Waals surface area contributed by atoms with Crippen molar-refractivity contribution >= 4 is 17.6 Å². The Morgan fingerprint density at radius 1 is 0.933 bits per heavy atom. The van der Waals surface area contributed by atoms with Gasteiger partial charge in [-0.05, 0) is 35.9 Å². The summed E-state index contributed by atoms with van der Waals surface area (Å²) in [5.41, 5.74) is 1.06. The number of phenolic OH excluding ortho intramolecular Hbond substituents is 2. The molecule has 2 aromatic carbocycles. The summed E-state index contributed by atoms with van der Waals surface area (Å²) in [5, 5.41) is 59.7. The third-order valence-electron chi connectivity index (χ3n) is 5.26. The average molecular weight is 416 g/mol. The molecule has 2 aliphatic rings. The molecule has 1 saturated heterocycles. The van der Waals surface area contributed by atoms with Crippen molar-refractivity contribution in [3.05, 3.63) is 53.1 Å². The van der Waals surface area contributed by atoms with E-state index in [1.165, 1.54) is 24.3 Å². The van der Waals surface area contributed by atoms with Crippen LogP contribution in [0.4, 0.5) is 0 Å². The zero-order valence-electron chi connectivity index (χ0n) is 15.5. The largest absolute Gasteiger partial charge is 0.508 e. The number of hydrogen-bond donors (Lipinski definition) is 6. The first-order valence-electron chi connectivity index (χ1n) is 9.21. The molecule has 0 amide bonds. The Kier molecular flexibility index (Phi) is 5.22. The molecule has 6 N–H and O–H groups in total. The molecule has 0 aliphatic carbocycles. The van der Waals surface area contributed by atoms with Crippen LogP contribution in [0.3, 0.4) is 0 Å². The van der Waals surface area contributed by atoms with Gasteiger partial charge < -0.3 is 40.1 Å². The first kappa shape index (κ1) is 20.3. The quantitative estimate of drug-likeness (QED) is 0.231. The number of aliphatic hydroxyl groups is 4. The van der Waals surface area contributed by atoms with Gasteiger partial charge in [0.05, 0.1) is 17.7 Å². The number of phenols is 2. The van der Waals surface area contributed by atoms with Crippen LogP contribution >= 0.6 is 0 Å². The van der Waals surface area contributed by atoms with Gasteiger partial charge in [0.2, 0.25) is 0 Å². The molecule has 0 bridgehead atoms. The van der Waals surface area contributed by atoms with E-state index >= 15 is 0 Å². The summed E-state index contributed by atoms with van der Waals surface area (Å²) in [6.07, 6.45) is -5.87. The first-order valence-corrected chi connectivity index (χ1v) is 9.21. The van der Waals surface area contributed by atoms with Crippen LogP contribution in [0.5, 0.6) is 17.2 Å². The van der Waals surface area contributed by atoms with Crippen LogP contribution in [0, 0.1) is 0 Å². The molecule has 5 unspecified atom stereocenters. The Balaban J connectivity index is 1.79. The van der Waals surface area contributed by atoms with E-state index in [1.54, 1.807) is 18.2 Å². The van der Waals surface area contributed by atoms with Gasteiger partial charge in [0.25, 0.3) is 0 Å². The number of fused-ring (bicyclic) bond motifs is 1. The van der Waals surface area contributed by atoms with Gasteiger partial charge in [0, 0.05) is 5.56 Å². The van der Waals surface area contributed by atoms with E-state index in [2.05, 4.69) is 0 Å². The fraction of sp³-hybridized carbons (Fsp3) is 0.286. The fourth-order valence-corrected chi connectivity index (χ4v) is 3.66. The van der Waals surface area contributed by atoms with E-state index in [0.29, 0.717) is 11.1 Å². The van der Waals surface area contributed by atoms with Gasteiger partial charge in [0.1, 0.15) is 47.8 Å². The molecule has 9 nitrogen and oxygen atoms in total. The lowest BCUT2D eigenvalue weighted by Gasteiger charge is -2.40. The van der Waals surface area contributed by atoms with Crippen LogP contribution in [-0.2, 0) is 9.53 Å². The molecule has 0 spiro atoms. The van der Waals surface area contributed by atoms with E-state index in [1.807, 2.05) is 0 Å². The van der Waals surface area contributed by atoms with Gasteiger partial charge in [0.15, 0.2) is 0 Å². The minimum Gasteiger partial charge on any atom is -0.508 e. The van der Waals surface area contributed by atoms with Gasteiger partial charge in [-0.25, -0.2) is 4.79 Å². The number of benzene rings is 2. The second kappa shape index (κ2) is 7.71. The van der Waals surface area contributed by atoms with Gasteiger partial charge in [-0.15, -0.1) is 0 Å². The van der Waals surface area contributed by atoms with Crippen molar-refractivity contribution in [2.75, 3.05) is 6.61 Å². The Labute approximate surface area is 170 Å². The van der Waals surface area contributed by atoms with Gasteiger partial charge in [-0.2, -0.15) is 0 Å². The summed E-state index contributed by atoms with van der Waals surface area (Å²) in [5.74, 6) is -1.03. The molecule has 5 atom stereocenters. The third kappa shape index (κ3) is 3.32. The van der Waals surface area contributed by atoms with Crippen molar-refractivity contribution in [3.8, 4) is 17.2 Å². The molecule has 2 aliphatic heterocycles. The molecule has 0 aromatic heterocycles. The highest BCUT2D eigenvalue weighted by Gasteiger charge is 2.47. The molecule has 1 fully saturated rings. The molecule has 30 heavy (non-hydrogen) atoms. The van der Waals surface area contributed by atoms with Crippen LogP contribution < -0.4 is 4.74 Å². The van der Waals surface area contributed by atoms with E-state index in [-0.39, 0.29) is 28.4 Å². The molecule has 158 valence electrons. The van der Waals surface area contributed by atoms with Crippen LogP contribution in [0.2, 0.25) is 0 Å². The summed E-state index contributed by atoms with van der Waals surface area (Å²) in [7, 11) is 0. The van der Waals surface area contributed by atoms with Crippen molar-refractivity contribution in [2.24, 2.45) is 0 Å². The summed E-state index contributed by atoms with van der Waals surface area (Å²) >= 11 is 0. The number of rotatable bonds is 3. The number of hydrogen-bond acceptors (Lipinski definition) is 9. The highest BCUT2D eigenvalue weighted by Crippen LogP contribution is 2.48. The summed E-state index contributed by atoms with van der Waals surface area (Å²) in [4.78, 5) is 12.5. The molecular weight excluding hydrogens is 396 g/mol. The molecule has 0 saturated carbocycles. The highest BCUT2D eigenvalue weighted by molar-refractivity contribution is 6.26. The number of aliphatic hydroxyl groups excluding tert-OH is 4. The van der Waals surface area contributed by atoms with Crippen molar-refractivity contribution < 1.29 is 44.9 Å². The SMILES string of the molecule is O=C1Oc2c(ccc(O)c2C2OC(CO)C(O)C(O)C2O)C1=Cc1ccc(O)cc1. The lowest BCUT2D eigenvalue weighted by molar-refractivity contribution is -0.232. The van der Waals surface area contributed by atoms with Crippen molar-refractivity contribution in [1.29, 1.82) is 0 Å². The van der Waals surface area contributed by atoms with Gasteiger partial charge in [-0.3, -0.25) is 0 Å². The van der Waals surface area contributed by atoms with Crippen molar-refractivity contribution in [3.63, 3.8) is 0 Å². The van der Waals surface area contributed by atoms with Gasteiger partial charge in [-0.1, -0.05) is 12.1 Å². The third-order valence-corrected chi connectivity index (χ3v) is 5.26. The Morgan fingerprint density at radius 2 is 1.63 bits per heavy atom. The fourth-order valence-electron chi connectivity index (χ4n) is 3.66. The van der Waals surface area contributed by atoms with Crippen LogP contribution in [0.15, 0.2) is 36.4 Å². The predicted octanol–water partition coefficient (Wildman–Crippen LogP) is 0.0723. The van der Waals surface area contributed by atoms with E-state index in [9.17, 15) is 35.4 Å². The average Bonchev–Trinajstić information content (AvgIpc) is 3.04. The lowest BCUT2D eigenvalue weighted by Crippen LogP contribution is -2.55. The van der Waals surface area contributed by atoms with Crippen LogP contribution in [0.1, 0.15) is 22.8 Å². The Hall–Kier alpha value is -2.95. The minimum atomic E-state index is -1.65. The molecule has 0 radical (unpaired) electrons. The van der Waals surface area contributed by atoms with Crippen LogP contribution in [0.25, 0.3) is 11.6 Å². The molecule has 4 rings (SSSR count). The summed E-state index contributed by atoms with van der Waals surface area (Å²) in [6, 6.07) is 8.89. The zero-order chi connectivity index (χ0) is 21.6. The number of carbonyl (C=O) groups excluding carboxylic acids is 1. The Morgan fingerprint density at radius 3 is 2.30 bits per heavy atom. The van der Waals surface area contributed by atoms with Crippen molar-refractivity contribution in [2.45, 2.75) is 30.5 Å². The maximum atomic E-state index is 12.5. The smallest absolute Gasteiger partial charge is 0.344 e. The molecule has 9 heteroatoms. The normalized spacial score (nSPS) is 29.7. The molecule has 2 heterocycles. The van der Waals surface area contributed by atoms with Crippen LogP contribution in [-0.4, -0.2) is 67.6 Å². The lowest BCUT2D eigenvalue weighted by atomic mass is 9.89. The maximum absolute atomic E-state index is 12.5. The highest BCUT2D eigenvalue weighted by atomic mass is 16.6. The van der Waals surface area contributed by atoms with E-state index in [4.69, 9.17) is 9.47 Å². The van der Waals surface area contributed by atoms with E-state index in [0.717, 1.165) is 0 Å². The number of carbonyl (C=O) groups is 1. The second-order valence-electron chi connectivity index (χ2n) is 7.16. The number of ether oxygens (including phenoxy) is 2. The second-order valence-corrected chi connectivity index (χ2v) is 7.16. The standard InChI is InChI=1S/C21H20O9/c22-8-14-16(25)17(26)18(27)20(29-14)15-13(24)6-5-11-12(21(28)30-19(11)15)7-9-1-3-10(23)4-2-9/h1-7,14,16-18,20,22-27H,8H2. The number of aromatic hydroxyl groups is 2. The first-order chi connectivity index (χ1) is 14.3.